The molecule has 0 saturated carbocycles. The maximum atomic E-state index is 13.6. The molecule has 2 aromatic carbocycles. The van der Waals surface area contributed by atoms with Gasteiger partial charge in [0.1, 0.15) is 23.3 Å². The van der Waals surface area contributed by atoms with Crippen LogP contribution in [-0.2, 0) is 20.9 Å². The summed E-state index contributed by atoms with van der Waals surface area (Å²) in [7, 11) is -4.68. The Morgan fingerprint density at radius 1 is 0.870 bits per heavy atom. The Hall–Kier alpha value is -1.43. The van der Waals surface area contributed by atoms with Gasteiger partial charge in [-0.25, -0.2) is 26.0 Å². The van der Waals surface area contributed by atoms with E-state index in [2.05, 4.69) is 12.6 Å². The lowest BCUT2D eigenvalue weighted by atomic mass is 10.3. The van der Waals surface area contributed by atoms with E-state index in [1.807, 2.05) is 0 Å². The first kappa shape index (κ1) is 17.9. The summed E-state index contributed by atoms with van der Waals surface area (Å²) in [5.41, 5.74) is 0. The third-order valence-corrected chi connectivity index (χ3v) is 5.61. The molecule has 124 valence electrons. The Morgan fingerprint density at radius 3 is 1.57 bits per heavy atom. The van der Waals surface area contributed by atoms with Gasteiger partial charge in [0.05, 0.1) is 19.6 Å². The highest BCUT2D eigenvalue weighted by Gasteiger charge is 2.24. The summed E-state index contributed by atoms with van der Waals surface area (Å²) in [5, 5.41) is 0. The average molecular weight is 385 g/mol. The molecule has 2 rings (SSSR count). The van der Waals surface area contributed by atoms with Gasteiger partial charge >= 0.3 is 0 Å². The zero-order valence-corrected chi connectivity index (χ0v) is 13.2. The summed E-state index contributed by atoms with van der Waals surface area (Å²) < 4.78 is 99.7. The van der Waals surface area contributed by atoms with E-state index < -0.39 is 63.8 Å². The van der Waals surface area contributed by atoms with Crippen LogP contribution in [0.2, 0.25) is 0 Å². The maximum Gasteiger partial charge on any atom is 0.207 e. The first-order valence-corrected chi connectivity index (χ1v) is 8.57. The monoisotopic (exact) mass is 385 g/mol. The van der Waals surface area contributed by atoms with Crippen molar-refractivity contribution in [1.82, 2.24) is 0 Å². The highest BCUT2D eigenvalue weighted by molar-refractivity contribution is 7.91. The summed E-state index contributed by atoms with van der Waals surface area (Å²) >= 11 is 0.210. The molecule has 0 aliphatic rings. The van der Waals surface area contributed by atoms with Gasteiger partial charge in [0.25, 0.3) is 0 Å². The number of thiol groups is 1. The van der Waals surface area contributed by atoms with E-state index in [9.17, 15) is 34.7 Å². The largest absolute Gasteiger partial charge is 0.768 e. The van der Waals surface area contributed by atoms with Crippen molar-refractivity contribution in [2.75, 3.05) is 0 Å². The molecule has 0 heterocycles. The van der Waals surface area contributed by atoms with Gasteiger partial charge < -0.3 is 4.55 Å². The van der Waals surface area contributed by atoms with Gasteiger partial charge in [-0.05, 0) is 35.3 Å². The summed E-state index contributed by atoms with van der Waals surface area (Å²) in [5.74, 6) is -5.87. The molecule has 23 heavy (non-hydrogen) atoms. The van der Waals surface area contributed by atoms with E-state index in [1.54, 1.807) is 0 Å². The molecule has 0 radical (unpaired) electrons. The van der Waals surface area contributed by atoms with Crippen molar-refractivity contribution in [1.29, 1.82) is 0 Å². The average Bonchev–Trinajstić information content (AvgIpc) is 2.42. The van der Waals surface area contributed by atoms with Crippen molar-refractivity contribution >= 4 is 33.5 Å². The van der Waals surface area contributed by atoms with E-state index in [4.69, 9.17) is 0 Å². The van der Waals surface area contributed by atoms with Crippen LogP contribution in [-0.4, -0.2) is 17.2 Å². The molecule has 0 fully saturated rings. The topological polar surface area (TPSA) is 74.3 Å². The zero-order valence-electron chi connectivity index (χ0n) is 10.7. The number of halogens is 4. The highest BCUT2D eigenvalue weighted by atomic mass is 32.2. The molecular formula is C12H5F4O4S3-. The van der Waals surface area contributed by atoms with Crippen molar-refractivity contribution in [3.8, 4) is 0 Å². The second kappa shape index (κ2) is 6.23. The molecule has 0 bridgehead atoms. The third kappa shape index (κ3) is 3.27. The van der Waals surface area contributed by atoms with Gasteiger partial charge in [0.15, 0.2) is 0 Å². The minimum absolute atomic E-state index is 0.244. The van der Waals surface area contributed by atoms with Crippen LogP contribution in [0.4, 0.5) is 17.6 Å². The van der Waals surface area contributed by atoms with Crippen LogP contribution < -0.4 is 0 Å². The lowest BCUT2D eigenvalue weighted by Gasteiger charge is -2.11. The van der Waals surface area contributed by atoms with Crippen LogP contribution >= 0.6 is 12.6 Å². The summed E-state index contributed by atoms with van der Waals surface area (Å²) in [6.07, 6.45) is 0. The third-order valence-electron chi connectivity index (χ3n) is 2.75. The Labute approximate surface area is 135 Å². The summed E-state index contributed by atoms with van der Waals surface area (Å²) in [4.78, 5) is -3.96. The normalized spacial score (nSPS) is 13.1. The van der Waals surface area contributed by atoms with E-state index in [-0.39, 0.29) is 12.1 Å². The SMILES string of the molecule is O=S([O-])c1c(F)cc(S(=O)(=O)c2cc(F)c(S)c(F)c2)cc1F. The van der Waals surface area contributed by atoms with Gasteiger partial charge in [-0.2, -0.15) is 0 Å². The van der Waals surface area contributed by atoms with Crippen LogP contribution in [0.15, 0.2) is 43.8 Å². The fourth-order valence-corrected chi connectivity index (χ4v) is 3.56. The molecule has 2 aromatic rings. The fourth-order valence-electron chi connectivity index (χ4n) is 1.68. The molecule has 0 aliphatic carbocycles. The molecule has 11 heteroatoms. The predicted octanol–water partition coefficient (Wildman–Crippen LogP) is 2.60. The standard InChI is InChI=1S/C12H6F4O4S3/c13-7-1-5(2-8(14)11(7)21)23(19,20)6-3-9(15)12(22(17)18)10(16)4-6/h1-4,21H,(H,17,18)/p-1. The highest BCUT2D eigenvalue weighted by Crippen LogP contribution is 2.29. The van der Waals surface area contributed by atoms with Gasteiger partial charge in [0, 0.05) is 0 Å². The van der Waals surface area contributed by atoms with E-state index >= 15 is 0 Å². The minimum Gasteiger partial charge on any atom is -0.768 e. The quantitative estimate of drug-likeness (QED) is 0.501. The first-order valence-electron chi connectivity index (χ1n) is 5.57. The summed E-state index contributed by atoms with van der Waals surface area (Å²) in [6.45, 7) is 0. The van der Waals surface area contributed by atoms with Gasteiger partial charge in [-0.15, -0.1) is 12.6 Å². The van der Waals surface area contributed by atoms with Crippen LogP contribution in [0.1, 0.15) is 0 Å². The molecule has 4 nitrogen and oxygen atoms in total. The second-order valence-electron chi connectivity index (χ2n) is 4.19. The van der Waals surface area contributed by atoms with Crippen molar-refractivity contribution in [2.24, 2.45) is 0 Å². The number of sulfone groups is 1. The molecule has 0 aliphatic heterocycles. The van der Waals surface area contributed by atoms with E-state index in [1.165, 1.54) is 0 Å². The van der Waals surface area contributed by atoms with Crippen LogP contribution in [0, 0.1) is 23.3 Å². The second-order valence-corrected chi connectivity index (χ2v) is 7.46. The minimum atomic E-state index is -4.68. The summed E-state index contributed by atoms with van der Waals surface area (Å²) in [6, 6.07) is 1.34. The van der Waals surface area contributed by atoms with E-state index in [0.717, 1.165) is 0 Å². The number of rotatable bonds is 3. The van der Waals surface area contributed by atoms with Crippen molar-refractivity contribution in [3.05, 3.63) is 47.5 Å². The predicted molar refractivity (Wildman–Crippen MR) is 72.6 cm³/mol. The Balaban J connectivity index is 2.68. The molecule has 1 atom stereocenters. The van der Waals surface area contributed by atoms with Crippen LogP contribution in [0.3, 0.4) is 0 Å². The van der Waals surface area contributed by atoms with Crippen LogP contribution in [0.5, 0.6) is 0 Å². The van der Waals surface area contributed by atoms with Crippen molar-refractivity contribution < 1.29 is 34.7 Å². The molecule has 0 saturated heterocycles. The molecule has 0 aromatic heterocycles. The molecule has 1 unspecified atom stereocenters. The first-order chi connectivity index (χ1) is 10.6. The van der Waals surface area contributed by atoms with Crippen molar-refractivity contribution in [3.63, 3.8) is 0 Å². The van der Waals surface area contributed by atoms with Gasteiger partial charge in [-0.1, -0.05) is 0 Å². The Kier molecular flexibility index (Phi) is 4.85. The lowest BCUT2D eigenvalue weighted by molar-refractivity contribution is 0.491. The Bertz CT molecular complexity index is 882. The smallest absolute Gasteiger partial charge is 0.207 e. The van der Waals surface area contributed by atoms with Crippen molar-refractivity contribution in [2.45, 2.75) is 19.6 Å². The fraction of sp³-hybridized carbons (Fsp3) is 0. The van der Waals surface area contributed by atoms with Crippen LogP contribution in [0.25, 0.3) is 0 Å². The Morgan fingerprint density at radius 2 is 1.22 bits per heavy atom. The molecule has 0 spiro atoms. The molecule has 0 amide bonds. The lowest BCUT2D eigenvalue weighted by Crippen LogP contribution is -2.07. The number of hydrogen-bond donors (Lipinski definition) is 1. The maximum absolute atomic E-state index is 13.6. The molecule has 0 N–H and O–H groups in total. The van der Waals surface area contributed by atoms with Gasteiger partial charge in [-0.3, -0.25) is 4.21 Å². The molecular weight excluding hydrogens is 380 g/mol. The number of hydrogen-bond acceptors (Lipinski definition) is 5. The zero-order chi connectivity index (χ0) is 17.5. The van der Waals surface area contributed by atoms with Gasteiger partial charge in [0.2, 0.25) is 9.84 Å². The number of benzene rings is 2. The van der Waals surface area contributed by atoms with E-state index in [0.29, 0.717) is 12.1 Å².